The van der Waals surface area contributed by atoms with Gasteiger partial charge in [0.05, 0.1) is 11.2 Å². The molecule has 16 heavy (non-hydrogen) atoms. The van der Waals surface area contributed by atoms with Gasteiger partial charge in [-0.15, -0.1) is 0 Å². The fourth-order valence-corrected chi connectivity index (χ4v) is 2.12. The lowest BCUT2D eigenvalue weighted by Crippen LogP contribution is -2.25. The maximum atomic E-state index is 11.7. The van der Waals surface area contributed by atoms with E-state index in [9.17, 15) is 4.55 Å². The first-order valence-corrected chi connectivity index (χ1v) is 6.99. The van der Waals surface area contributed by atoms with Gasteiger partial charge in [0, 0.05) is 10.0 Å². The van der Waals surface area contributed by atoms with E-state index in [1.54, 1.807) is 12.3 Å². The summed E-state index contributed by atoms with van der Waals surface area (Å²) in [5.74, 6) is 0. The normalized spacial score (nSPS) is 14.4. The summed E-state index contributed by atoms with van der Waals surface area (Å²) < 4.78 is 16.2. The molecule has 0 aromatic heterocycles. The molecule has 1 aromatic rings. The van der Waals surface area contributed by atoms with Crippen molar-refractivity contribution in [1.82, 2.24) is 0 Å². The van der Waals surface area contributed by atoms with Crippen LogP contribution in [0.25, 0.3) is 0 Å². The highest BCUT2D eigenvalue weighted by molar-refractivity contribution is 9.10. The minimum atomic E-state index is -1.25. The van der Waals surface area contributed by atoms with Gasteiger partial charge in [-0.1, -0.05) is 38.0 Å². The molecular weight excluding hydrogens is 310 g/mol. The first-order valence-electron chi connectivity index (χ1n) is 4.72. The number of nitrogens with zero attached hydrogens (tertiary/aromatic N) is 1. The third-order valence-corrected chi connectivity index (χ3v) is 3.94. The van der Waals surface area contributed by atoms with Crippen LogP contribution in [0.15, 0.2) is 27.1 Å². The Labute approximate surface area is 113 Å². The third-order valence-electron chi connectivity index (χ3n) is 1.77. The van der Waals surface area contributed by atoms with Crippen LogP contribution in [-0.2, 0) is 11.4 Å². The van der Waals surface area contributed by atoms with Gasteiger partial charge >= 0.3 is 0 Å². The molecule has 0 bridgehead atoms. The Bertz CT molecular complexity index is 403. The molecule has 0 N–H and O–H groups in total. The quantitative estimate of drug-likeness (QED) is 0.599. The highest BCUT2D eigenvalue weighted by atomic mass is 79.9. The smallest absolute Gasteiger partial charge is 0.144 e. The summed E-state index contributed by atoms with van der Waals surface area (Å²) in [6, 6.07) is 5.48. The number of rotatable bonds is 2. The van der Waals surface area contributed by atoms with Gasteiger partial charge in [0.1, 0.15) is 16.1 Å². The lowest BCUT2D eigenvalue weighted by atomic mass is 10.2. The molecule has 0 saturated heterocycles. The Morgan fingerprint density at radius 1 is 1.44 bits per heavy atom. The summed E-state index contributed by atoms with van der Waals surface area (Å²) in [6.45, 7) is 5.64. The first-order chi connectivity index (χ1) is 7.30. The van der Waals surface area contributed by atoms with Crippen LogP contribution in [0.2, 0.25) is 5.02 Å². The molecule has 1 aromatic carbocycles. The minimum Gasteiger partial charge on any atom is -0.591 e. The Kier molecular flexibility index (Phi) is 4.86. The van der Waals surface area contributed by atoms with Crippen LogP contribution >= 0.6 is 27.5 Å². The molecule has 1 unspecified atom stereocenters. The lowest BCUT2D eigenvalue weighted by molar-refractivity contribution is 0.562. The summed E-state index contributed by atoms with van der Waals surface area (Å²) in [4.78, 5) is 0. The number of benzene rings is 1. The Hall–Kier alpha value is -0.0300. The van der Waals surface area contributed by atoms with Crippen LogP contribution in [0.3, 0.4) is 0 Å². The summed E-state index contributed by atoms with van der Waals surface area (Å²) in [5, 5.41) is 0.587. The molecule has 0 fully saturated rings. The van der Waals surface area contributed by atoms with Crippen molar-refractivity contribution in [3.63, 3.8) is 0 Å². The second-order valence-electron chi connectivity index (χ2n) is 4.26. The molecule has 5 heteroatoms. The SMILES string of the molecule is CC(C)(C)[S+]([O-])N=Cc1ccc(Br)cc1Cl. The Balaban J connectivity index is 2.85. The van der Waals surface area contributed by atoms with Gasteiger partial charge in [-0.25, -0.2) is 0 Å². The van der Waals surface area contributed by atoms with Gasteiger partial charge in [0.15, 0.2) is 0 Å². The van der Waals surface area contributed by atoms with E-state index in [2.05, 4.69) is 20.3 Å². The molecule has 0 aliphatic heterocycles. The Morgan fingerprint density at radius 3 is 2.56 bits per heavy atom. The molecule has 0 radical (unpaired) electrons. The van der Waals surface area contributed by atoms with Crippen molar-refractivity contribution in [2.24, 2.45) is 4.40 Å². The van der Waals surface area contributed by atoms with Gasteiger partial charge in [0.2, 0.25) is 0 Å². The maximum absolute atomic E-state index is 11.7. The zero-order valence-electron chi connectivity index (χ0n) is 9.33. The van der Waals surface area contributed by atoms with E-state index in [4.69, 9.17) is 11.6 Å². The average Bonchev–Trinajstić information content (AvgIpc) is 2.14. The molecule has 2 nitrogen and oxygen atoms in total. The number of hydrogen-bond acceptors (Lipinski definition) is 2. The van der Waals surface area contributed by atoms with Crippen molar-refractivity contribution in [3.8, 4) is 0 Å². The average molecular weight is 323 g/mol. The molecule has 0 spiro atoms. The molecule has 0 aliphatic carbocycles. The lowest BCUT2D eigenvalue weighted by Gasteiger charge is -2.17. The van der Waals surface area contributed by atoms with E-state index < -0.39 is 11.4 Å². The number of halogens is 2. The predicted molar refractivity (Wildman–Crippen MR) is 74.6 cm³/mol. The van der Waals surface area contributed by atoms with Gasteiger partial charge < -0.3 is 4.55 Å². The summed E-state index contributed by atoms with van der Waals surface area (Å²) in [6.07, 6.45) is 1.55. The molecule has 88 valence electrons. The highest BCUT2D eigenvalue weighted by Gasteiger charge is 2.25. The second kappa shape index (κ2) is 5.54. The minimum absolute atomic E-state index is 0.349. The standard InChI is InChI=1S/C11H13BrClNOS/c1-11(2,3)16(15)14-7-8-4-5-9(12)6-10(8)13/h4-7H,1-3H3. The first kappa shape index (κ1) is 14.0. The van der Waals surface area contributed by atoms with Crippen molar-refractivity contribution >= 4 is 45.1 Å². The fourth-order valence-electron chi connectivity index (χ4n) is 0.869. The van der Waals surface area contributed by atoms with Crippen molar-refractivity contribution in [2.45, 2.75) is 25.5 Å². The number of hydrogen-bond donors (Lipinski definition) is 0. The topological polar surface area (TPSA) is 35.4 Å². The largest absolute Gasteiger partial charge is 0.591 e. The zero-order valence-corrected chi connectivity index (χ0v) is 12.5. The van der Waals surface area contributed by atoms with Crippen LogP contribution < -0.4 is 0 Å². The van der Waals surface area contributed by atoms with Crippen molar-refractivity contribution < 1.29 is 4.55 Å². The second-order valence-corrected chi connectivity index (χ2v) is 7.52. The molecule has 0 heterocycles. The molecule has 0 saturated carbocycles. The zero-order chi connectivity index (χ0) is 12.3. The van der Waals surface area contributed by atoms with Crippen molar-refractivity contribution in [1.29, 1.82) is 0 Å². The maximum Gasteiger partial charge on any atom is 0.144 e. The van der Waals surface area contributed by atoms with E-state index >= 15 is 0 Å². The van der Waals surface area contributed by atoms with Crippen LogP contribution in [0, 0.1) is 0 Å². The molecule has 1 rings (SSSR count). The van der Waals surface area contributed by atoms with Gasteiger partial charge in [-0.05, 0) is 32.9 Å². The molecular formula is C11H13BrClNOS. The van der Waals surface area contributed by atoms with Gasteiger partial charge in [-0.2, -0.15) is 0 Å². The van der Waals surface area contributed by atoms with Crippen LogP contribution in [0.5, 0.6) is 0 Å². The van der Waals surface area contributed by atoms with Crippen molar-refractivity contribution in [3.05, 3.63) is 33.3 Å². The summed E-state index contributed by atoms with van der Waals surface area (Å²) >= 11 is 8.07. The van der Waals surface area contributed by atoms with Crippen LogP contribution in [-0.4, -0.2) is 15.5 Å². The van der Waals surface area contributed by atoms with E-state index in [0.717, 1.165) is 10.0 Å². The van der Waals surface area contributed by atoms with E-state index in [1.807, 2.05) is 32.9 Å². The molecule has 1 atom stereocenters. The van der Waals surface area contributed by atoms with E-state index in [-0.39, 0.29) is 4.75 Å². The summed E-state index contributed by atoms with van der Waals surface area (Å²) in [5.41, 5.74) is 0.766. The van der Waals surface area contributed by atoms with Crippen molar-refractivity contribution in [2.75, 3.05) is 0 Å². The van der Waals surface area contributed by atoms with Gasteiger partial charge in [0.25, 0.3) is 0 Å². The predicted octanol–water partition coefficient (Wildman–Crippen LogP) is 3.98. The molecule has 0 amide bonds. The monoisotopic (exact) mass is 321 g/mol. The fraction of sp³-hybridized carbons (Fsp3) is 0.364. The van der Waals surface area contributed by atoms with Crippen LogP contribution in [0.1, 0.15) is 26.3 Å². The van der Waals surface area contributed by atoms with E-state index in [0.29, 0.717) is 5.02 Å². The molecule has 0 aliphatic rings. The highest BCUT2D eigenvalue weighted by Crippen LogP contribution is 2.21. The van der Waals surface area contributed by atoms with E-state index in [1.165, 1.54) is 0 Å². The van der Waals surface area contributed by atoms with Crippen LogP contribution in [0.4, 0.5) is 0 Å². The van der Waals surface area contributed by atoms with Gasteiger partial charge in [-0.3, -0.25) is 0 Å². The Morgan fingerprint density at radius 2 is 2.06 bits per heavy atom. The summed E-state index contributed by atoms with van der Waals surface area (Å²) in [7, 11) is 0. The third kappa shape index (κ3) is 4.09.